The molecular weight excluding hydrogens is 338 g/mol. The smallest absolute Gasteiger partial charge is 0.360 e. The van der Waals surface area contributed by atoms with Crippen LogP contribution in [-0.4, -0.2) is 48.9 Å². The quantitative estimate of drug-likeness (QED) is 0.516. The number of hydrogen-bond donors (Lipinski definition) is 0. The van der Waals surface area contributed by atoms with Crippen molar-refractivity contribution in [3.8, 4) is 0 Å². The lowest BCUT2D eigenvalue weighted by molar-refractivity contribution is 0.0513. The van der Waals surface area contributed by atoms with Gasteiger partial charge in [-0.25, -0.2) is 24.5 Å². The number of hydrogen-bond acceptors (Lipinski definition) is 7. The Kier molecular flexibility index (Phi) is 3.76. The summed E-state index contributed by atoms with van der Waals surface area (Å²) in [6, 6.07) is 1.84. The number of imidazole rings is 2. The maximum atomic E-state index is 12.2. The number of esters is 2. The van der Waals surface area contributed by atoms with E-state index in [1.54, 1.807) is 41.4 Å². The molecule has 0 amide bonds. The summed E-state index contributed by atoms with van der Waals surface area (Å²) in [5.41, 5.74) is 2.06. The molecule has 0 N–H and O–H groups in total. The number of fused-ring (bicyclic) bond motifs is 5. The van der Waals surface area contributed by atoms with Gasteiger partial charge < -0.3 is 13.9 Å². The van der Waals surface area contributed by atoms with Crippen LogP contribution < -0.4 is 0 Å². The highest BCUT2D eigenvalue weighted by atomic mass is 16.5. The van der Waals surface area contributed by atoms with Gasteiger partial charge in [-0.15, -0.1) is 0 Å². The molecule has 0 fully saturated rings. The van der Waals surface area contributed by atoms with Crippen molar-refractivity contribution in [1.29, 1.82) is 0 Å². The molecule has 0 saturated heterocycles. The number of aromatic nitrogens is 5. The summed E-state index contributed by atoms with van der Waals surface area (Å²) >= 11 is 0. The van der Waals surface area contributed by atoms with Crippen molar-refractivity contribution >= 4 is 34.0 Å². The lowest BCUT2D eigenvalue weighted by Crippen LogP contribution is -2.07. The van der Waals surface area contributed by atoms with Crippen LogP contribution in [0.4, 0.5) is 0 Å². The van der Waals surface area contributed by atoms with Crippen molar-refractivity contribution in [2.75, 3.05) is 13.2 Å². The van der Waals surface area contributed by atoms with Crippen molar-refractivity contribution < 1.29 is 19.1 Å². The highest BCUT2D eigenvalue weighted by Crippen LogP contribution is 2.24. The first kappa shape index (κ1) is 16.0. The fourth-order valence-corrected chi connectivity index (χ4v) is 2.90. The average Bonchev–Trinajstić information content (AvgIpc) is 3.26. The van der Waals surface area contributed by atoms with Gasteiger partial charge in [0.1, 0.15) is 12.7 Å². The Balaban J connectivity index is 1.98. The second-order valence-electron chi connectivity index (χ2n) is 5.45. The van der Waals surface area contributed by atoms with Crippen molar-refractivity contribution in [3.63, 3.8) is 0 Å². The molecular formula is C17H15N5O4. The molecule has 0 spiro atoms. The van der Waals surface area contributed by atoms with E-state index in [2.05, 4.69) is 15.0 Å². The van der Waals surface area contributed by atoms with Crippen LogP contribution in [0.1, 0.15) is 34.8 Å². The summed E-state index contributed by atoms with van der Waals surface area (Å²) in [5, 5.41) is 0.688. The molecule has 4 aromatic heterocycles. The standard InChI is InChI=1S/C17H15N5O4/c1-3-25-16(23)12-14-10-7-18-15-13(17(24)26-4-2)20-9-22(15)11(10)5-6-21(14)8-19-12/h5-9H,3-4H2,1-2H3. The van der Waals surface area contributed by atoms with E-state index in [0.717, 1.165) is 5.52 Å². The van der Waals surface area contributed by atoms with Crippen LogP contribution in [-0.2, 0) is 9.47 Å². The van der Waals surface area contributed by atoms with Crippen LogP contribution >= 0.6 is 0 Å². The van der Waals surface area contributed by atoms with Gasteiger partial charge in [-0.1, -0.05) is 0 Å². The largest absolute Gasteiger partial charge is 0.461 e. The minimum atomic E-state index is -0.528. The molecule has 9 heteroatoms. The van der Waals surface area contributed by atoms with Crippen LogP contribution in [0, 0.1) is 0 Å². The number of carbonyl (C=O) groups is 2. The monoisotopic (exact) mass is 353 g/mol. The van der Waals surface area contributed by atoms with Gasteiger partial charge in [0.2, 0.25) is 0 Å². The van der Waals surface area contributed by atoms with Crippen molar-refractivity contribution in [1.82, 2.24) is 23.8 Å². The van der Waals surface area contributed by atoms with Gasteiger partial charge in [-0.05, 0) is 19.9 Å². The molecule has 4 aromatic rings. The minimum absolute atomic E-state index is 0.146. The minimum Gasteiger partial charge on any atom is -0.461 e. The SMILES string of the molecule is CCOC(=O)c1ncn2ccc3c(cnc4c(C(=O)OCC)ncn43)c12. The van der Waals surface area contributed by atoms with E-state index in [1.807, 2.05) is 6.07 Å². The number of pyridine rings is 1. The van der Waals surface area contributed by atoms with Gasteiger partial charge in [0.15, 0.2) is 17.0 Å². The van der Waals surface area contributed by atoms with Gasteiger partial charge in [0.25, 0.3) is 0 Å². The van der Waals surface area contributed by atoms with E-state index in [4.69, 9.17) is 9.47 Å². The first-order chi connectivity index (χ1) is 12.7. The fraction of sp³-hybridized carbons (Fsp3) is 0.235. The zero-order chi connectivity index (χ0) is 18.3. The molecule has 0 saturated carbocycles. The van der Waals surface area contributed by atoms with Crippen molar-refractivity contribution in [3.05, 3.63) is 42.5 Å². The third kappa shape index (κ3) is 2.28. The Morgan fingerprint density at radius 3 is 2.42 bits per heavy atom. The maximum absolute atomic E-state index is 12.2. The van der Waals surface area contributed by atoms with Crippen LogP contribution in [0.3, 0.4) is 0 Å². The number of rotatable bonds is 4. The van der Waals surface area contributed by atoms with Crippen LogP contribution in [0.2, 0.25) is 0 Å². The molecule has 132 valence electrons. The van der Waals surface area contributed by atoms with Crippen molar-refractivity contribution in [2.24, 2.45) is 0 Å². The summed E-state index contributed by atoms with van der Waals surface area (Å²) in [6.07, 6.45) is 6.42. The maximum Gasteiger partial charge on any atom is 0.360 e. The van der Waals surface area contributed by atoms with Gasteiger partial charge >= 0.3 is 11.9 Å². The summed E-state index contributed by atoms with van der Waals surface area (Å²) < 4.78 is 13.5. The van der Waals surface area contributed by atoms with E-state index < -0.39 is 11.9 Å². The van der Waals surface area contributed by atoms with Gasteiger partial charge in [0, 0.05) is 17.8 Å². The highest BCUT2D eigenvalue weighted by Gasteiger charge is 2.20. The summed E-state index contributed by atoms with van der Waals surface area (Å²) in [5.74, 6) is -1.03. The number of nitrogens with zero attached hydrogens (tertiary/aromatic N) is 5. The first-order valence-corrected chi connectivity index (χ1v) is 8.11. The average molecular weight is 353 g/mol. The molecule has 0 aliphatic carbocycles. The third-order valence-corrected chi connectivity index (χ3v) is 3.97. The molecule has 0 aliphatic rings. The molecule has 4 rings (SSSR count). The Hall–Kier alpha value is -3.49. The van der Waals surface area contributed by atoms with Crippen molar-refractivity contribution in [2.45, 2.75) is 13.8 Å². The van der Waals surface area contributed by atoms with E-state index in [9.17, 15) is 9.59 Å². The van der Waals surface area contributed by atoms with Crippen LogP contribution in [0.25, 0.3) is 22.1 Å². The Labute approximate surface area is 147 Å². The zero-order valence-corrected chi connectivity index (χ0v) is 14.2. The fourth-order valence-electron chi connectivity index (χ4n) is 2.90. The second-order valence-corrected chi connectivity index (χ2v) is 5.45. The van der Waals surface area contributed by atoms with Gasteiger partial charge in [-0.3, -0.25) is 4.40 Å². The molecule has 0 bridgehead atoms. The van der Waals surface area contributed by atoms with E-state index in [-0.39, 0.29) is 24.6 Å². The predicted molar refractivity (Wildman–Crippen MR) is 91.2 cm³/mol. The molecule has 0 aromatic carbocycles. The van der Waals surface area contributed by atoms with Crippen LogP contribution in [0.15, 0.2) is 31.1 Å². The van der Waals surface area contributed by atoms with E-state index in [0.29, 0.717) is 16.6 Å². The van der Waals surface area contributed by atoms with Gasteiger partial charge in [0.05, 0.1) is 24.2 Å². The molecule has 26 heavy (non-hydrogen) atoms. The molecule has 4 heterocycles. The predicted octanol–water partition coefficient (Wildman–Crippen LogP) is 1.88. The normalized spacial score (nSPS) is 11.3. The van der Waals surface area contributed by atoms with E-state index in [1.165, 1.54) is 6.33 Å². The number of carbonyl (C=O) groups excluding carboxylic acids is 2. The second kappa shape index (κ2) is 6.10. The molecule has 0 aliphatic heterocycles. The Morgan fingerprint density at radius 2 is 1.69 bits per heavy atom. The first-order valence-electron chi connectivity index (χ1n) is 8.11. The lowest BCUT2D eigenvalue weighted by atomic mass is 10.2. The summed E-state index contributed by atoms with van der Waals surface area (Å²) in [4.78, 5) is 36.9. The zero-order valence-electron chi connectivity index (χ0n) is 14.2. The Bertz CT molecular complexity index is 1160. The highest BCUT2D eigenvalue weighted by molar-refractivity contribution is 6.06. The molecule has 0 atom stereocenters. The molecule has 0 radical (unpaired) electrons. The van der Waals surface area contributed by atoms with E-state index >= 15 is 0 Å². The Morgan fingerprint density at radius 1 is 1.00 bits per heavy atom. The topological polar surface area (TPSA) is 100 Å². The number of ether oxygens (including phenoxy) is 2. The third-order valence-electron chi connectivity index (χ3n) is 3.97. The summed E-state index contributed by atoms with van der Waals surface area (Å²) in [7, 11) is 0. The molecule has 0 unspecified atom stereocenters. The van der Waals surface area contributed by atoms with Gasteiger partial charge in [-0.2, -0.15) is 0 Å². The molecule has 9 nitrogen and oxygen atoms in total. The van der Waals surface area contributed by atoms with Crippen LogP contribution in [0.5, 0.6) is 0 Å². The summed E-state index contributed by atoms with van der Waals surface area (Å²) in [6.45, 7) is 3.98. The lowest BCUT2D eigenvalue weighted by Gasteiger charge is -2.06.